The van der Waals surface area contributed by atoms with Gasteiger partial charge in [0.15, 0.2) is 0 Å². The second-order valence-corrected chi connectivity index (χ2v) is 5.38. The Balaban J connectivity index is 1.79. The second-order valence-electron chi connectivity index (χ2n) is 4.47. The summed E-state index contributed by atoms with van der Waals surface area (Å²) in [5.41, 5.74) is 1.72. The number of amides is 1. The van der Waals surface area contributed by atoms with Gasteiger partial charge in [-0.2, -0.15) is 0 Å². The molecule has 0 aliphatic carbocycles. The van der Waals surface area contributed by atoms with Gasteiger partial charge in [0.05, 0.1) is 7.11 Å². The number of rotatable bonds is 6. The van der Waals surface area contributed by atoms with Crippen molar-refractivity contribution in [1.29, 1.82) is 0 Å². The maximum absolute atomic E-state index is 11.9. The highest BCUT2D eigenvalue weighted by atomic mass is 79.9. The molecule has 2 aromatic carbocycles. The first-order chi connectivity index (χ1) is 10.2. The molecule has 0 fully saturated rings. The van der Waals surface area contributed by atoms with Gasteiger partial charge in [-0.1, -0.05) is 28.1 Å². The number of methoxy groups -OCH3 is 1. The lowest BCUT2D eigenvalue weighted by Gasteiger charge is -2.08. The molecule has 2 rings (SSSR count). The van der Waals surface area contributed by atoms with E-state index < -0.39 is 0 Å². The summed E-state index contributed by atoms with van der Waals surface area (Å²) in [6, 6.07) is 15.1. The fourth-order valence-corrected chi connectivity index (χ4v) is 2.24. The van der Waals surface area contributed by atoms with Crippen molar-refractivity contribution in [3.8, 4) is 5.75 Å². The van der Waals surface area contributed by atoms with E-state index in [0.717, 1.165) is 21.6 Å². The summed E-state index contributed by atoms with van der Waals surface area (Å²) in [6.07, 6.45) is 0.393. The normalized spacial score (nSPS) is 10.0. The SMILES string of the molecule is COc1cccc(NC(=O)CCNc2cccc(Br)c2)c1. The van der Waals surface area contributed by atoms with Gasteiger partial charge in [0.2, 0.25) is 5.91 Å². The predicted molar refractivity (Wildman–Crippen MR) is 88.9 cm³/mol. The zero-order valence-electron chi connectivity index (χ0n) is 11.7. The molecule has 5 heteroatoms. The van der Waals surface area contributed by atoms with E-state index in [1.54, 1.807) is 13.2 Å². The van der Waals surface area contributed by atoms with Gasteiger partial charge in [0, 0.05) is 34.9 Å². The fraction of sp³-hybridized carbons (Fsp3) is 0.188. The Labute approximate surface area is 132 Å². The quantitative estimate of drug-likeness (QED) is 0.832. The van der Waals surface area contributed by atoms with E-state index in [1.807, 2.05) is 42.5 Å². The molecule has 0 aliphatic rings. The smallest absolute Gasteiger partial charge is 0.226 e. The van der Waals surface area contributed by atoms with E-state index in [0.29, 0.717) is 13.0 Å². The van der Waals surface area contributed by atoms with Crippen LogP contribution in [0.2, 0.25) is 0 Å². The Hall–Kier alpha value is -2.01. The van der Waals surface area contributed by atoms with E-state index in [2.05, 4.69) is 26.6 Å². The lowest BCUT2D eigenvalue weighted by Crippen LogP contribution is -2.16. The molecule has 2 N–H and O–H groups in total. The van der Waals surface area contributed by atoms with Crippen molar-refractivity contribution in [3.63, 3.8) is 0 Å². The average Bonchev–Trinajstić information content (AvgIpc) is 2.47. The number of nitrogens with one attached hydrogen (secondary N) is 2. The molecular weight excluding hydrogens is 332 g/mol. The van der Waals surface area contributed by atoms with Crippen LogP contribution in [0.4, 0.5) is 11.4 Å². The lowest BCUT2D eigenvalue weighted by atomic mass is 10.2. The Bertz CT molecular complexity index is 617. The second kappa shape index (κ2) is 7.69. The monoisotopic (exact) mass is 348 g/mol. The van der Waals surface area contributed by atoms with Crippen LogP contribution in [0.25, 0.3) is 0 Å². The summed E-state index contributed by atoms with van der Waals surface area (Å²) in [5, 5.41) is 6.06. The van der Waals surface area contributed by atoms with E-state index in [4.69, 9.17) is 4.74 Å². The number of benzene rings is 2. The largest absolute Gasteiger partial charge is 0.497 e. The number of ether oxygens (including phenoxy) is 1. The highest BCUT2D eigenvalue weighted by Gasteiger charge is 2.03. The van der Waals surface area contributed by atoms with Crippen molar-refractivity contribution in [3.05, 3.63) is 53.0 Å². The molecular formula is C16H17BrN2O2. The molecule has 0 radical (unpaired) electrons. The summed E-state index contributed by atoms with van der Waals surface area (Å²) < 4.78 is 6.13. The Morgan fingerprint density at radius 1 is 1.14 bits per heavy atom. The maximum atomic E-state index is 11.9. The van der Waals surface area contributed by atoms with Gasteiger partial charge >= 0.3 is 0 Å². The molecule has 0 heterocycles. The Kier molecular flexibility index (Phi) is 5.63. The van der Waals surface area contributed by atoms with Crippen LogP contribution in [0.1, 0.15) is 6.42 Å². The minimum Gasteiger partial charge on any atom is -0.497 e. The van der Waals surface area contributed by atoms with Gasteiger partial charge in [-0.15, -0.1) is 0 Å². The van der Waals surface area contributed by atoms with E-state index in [9.17, 15) is 4.79 Å². The van der Waals surface area contributed by atoms with Gasteiger partial charge in [0.1, 0.15) is 5.75 Å². The molecule has 1 amide bonds. The third-order valence-corrected chi connectivity index (χ3v) is 3.35. The minimum absolute atomic E-state index is 0.0363. The van der Waals surface area contributed by atoms with Crippen LogP contribution >= 0.6 is 15.9 Å². The number of anilines is 2. The number of carbonyl (C=O) groups is 1. The van der Waals surface area contributed by atoms with Gasteiger partial charge in [-0.25, -0.2) is 0 Å². The third kappa shape index (κ3) is 5.11. The summed E-state index contributed by atoms with van der Waals surface area (Å²) in [7, 11) is 1.60. The molecule has 4 nitrogen and oxygen atoms in total. The van der Waals surface area contributed by atoms with Crippen LogP contribution < -0.4 is 15.4 Å². The molecule has 0 atom stereocenters. The van der Waals surface area contributed by atoms with Gasteiger partial charge in [-0.3, -0.25) is 4.79 Å². The molecule has 0 saturated heterocycles. The van der Waals surface area contributed by atoms with Gasteiger partial charge < -0.3 is 15.4 Å². The average molecular weight is 349 g/mol. The number of carbonyl (C=O) groups excluding carboxylic acids is 1. The van der Waals surface area contributed by atoms with Crippen molar-refractivity contribution in [1.82, 2.24) is 0 Å². The van der Waals surface area contributed by atoms with Crippen LogP contribution in [-0.2, 0) is 4.79 Å². The van der Waals surface area contributed by atoms with Crippen molar-refractivity contribution >= 4 is 33.2 Å². The molecule has 0 saturated carbocycles. The Morgan fingerprint density at radius 3 is 2.67 bits per heavy atom. The van der Waals surface area contributed by atoms with Crippen molar-refractivity contribution in [2.45, 2.75) is 6.42 Å². The molecule has 21 heavy (non-hydrogen) atoms. The molecule has 110 valence electrons. The first-order valence-corrected chi connectivity index (χ1v) is 7.40. The van der Waals surface area contributed by atoms with Crippen LogP contribution in [0, 0.1) is 0 Å². The standard InChI is InChI=1S/C16H17BrN2O2/c1-21-15-7-3-6-14(11-15)19-16(20)8-9-18-13-5-2-4-12(17)10-13/h2-7,10-11,18H,8-9H2,1H3,(H,19,20). The van der Waals surface area contributed by atoms with E-state index >= 15 is 0 Å². The number of hydrogen-bond acceptors (Lipinski definition) is 3. The molecule has 2 aromatic rings. The number of halogens is 1. The first kappa shape index (κ1) is 15.4. The maximum Gasteiger partial charge on any atom is 0.226 e. The predicted octanol–water partition coefficient (Wildman–Crippen LogP) is 3.90. The highest BCUT2D eigenvalue weighted by molar-refractivity contribution is 9.10. The zero-order valence-corrected chi connectivity index (χ0v) is 13.3. The molecule has 0 unspecified atom stereocenters. The van der Waals surface area contributed by atoms with Crippen molar-refractivity contribution < 1.29 is 9.53 Å². The fourth-order valence-electron chi connectivity index (χ4n) is 1.84. The zero-order chi connectivity index (χ0) is 15.1. The topological polar surface area (TPSA) is 50.4 Å². The lowest BCUT2D eigenvalue weighted by molar-refractivity contribution is -0.115. The van der Waals surface area contributed by atoms with E-state index in [-0.39, 0.29) is 5.91 Å². The molecule has 0 spiro atoms. The first-order valence-electron chi connectivity index (χ1n) is 6.61. The van der Waals surface area contributed by atoms with Gasteiger partial charge in [-0.05, 0) is 30.3 Å². The van der Waals surface area contributed by atoms with Crippen molar-refractivity contribution in [2.75, 3.05) is 24.3 Å². The van der Waals surface area contributed by atoms with Crippen LogP contribution in [0.5, 0.6) is 5.75 Å². The minimum atomic E-state index is -0.0363. The highest BCUT2D eigenvalue weighted by Crippen LogP contribution is 2.17. The summed E-state index contributed by atoms with van der Waals surface area (Å²) in [6.45, 7) is 0.576. The third-order valence-electron chi connectivity index (χ3n) is 2.86. The Morgan fingerprint density at radius 2 is 1.90 bits per heavy atom. The summed E-state index contributed by atoms with van der Waals surface area (Å²) in [5.74, 6) is 0.686. The van der Waals surface area contributed by atoms with Crippen LogP contribution in [0.15, 0.2) is 53.0 Å². The number of hydrogen-bond donors (Lipinski definition) is 2. The van der Waals surface area contributed by atoms with Crippen LogP contribution in [-0.4, -0.2) is 19.6 Å². The van der Waals surface area contributed by atoms with E-state index in [1.165, 1.54) is 0 Å². The van der Waals surface area contributed by atoms with Crippen LogP contribution in [0.3, 0.4) is 0 Å². The van der Waals surface area contributed by atoms with Gasteiger partial charge in [0.25, 0.3) is 0 Å². The van der Waals surface area contributed by atoms with Crippen molar-refractivity contribution in [2.24, 2.45) is 0 Å². The molecule has 0 aliphatic heterocycles. The summed E-state index contributed by atoms with van der Waals surface area (Å²) in [4.78, 5) is 11.9. The summed E-state index contributed by atoms with van der Waals surface area (Å²) >= 11 is 3.41. The molecule has 0 aromatic heterocycles. The molecule has 0 bridgehead atoms.